The van der Waals surface area contributed by atoms with E-state index in [2.05, 4.69) is 13.8 Å². The first-order chi connectivity index (χ1) is 14.7. The number of hydrogen-bond donors (Lipinski definition) is 0. The van der Waals surface area contributed by atoms with Crippen molar-refractivity contribution in [1.29, 1.82) is 0 Å². The van der Waals surface area contributed by atoms with Gasteiger partial charge in [-0.25, -0.2) is 4.79 Å². The minimum atomic E-state index is -0.395. The van der Waals surface area contributed by atoms with E-state index in [1.165, 1.54) is 89.9 Å². The fourth-order valence-electron chi connectivity index (χ4n) is 6.56. The molecule has 3 heteroatoms. The zero-order valence-corrected chi connectivity index (χ0v) is 19.9. The van der Waals surface area contributed by atoms with E-state index < -0.39 is 6.16 Å². The van der Waals surface area contributed by atoms with Crippen molar-refractivity contribution in [3.05, 3.63) is 0 Å². The van der Waals surface area contributed by atoms with Gasteiger partial charge in [-0.15, -0.1) is 0 Å². The Morgan fingerprint density at radius 2 is 1.07 bits per heavy atom. The Morgan fingerprint density at radius 3 is 1.60 bits per heavy atom. The van der Waals surface area contributed by atoms with Crippen molar-refractivity contribution in [2.45, 2.75) is 142 Å². The van der Waals surface area contributed by atoms with Gasteiger partial charge in [0, 0.05) is 0 Å². The molecule has 0 aromatic carbocycles. The maximum Gasteiger partial charge on any atom is 0.508 e. The van der Waals surface area contributed by atoms with Crippen LogP contribution < -0.4 is 0 Å². The van der Waals surface area contributed by atoms with Gasteiger partial charge in [0.2, 0.25) is 0 Å². The van der Waals surface area contributed by atoms with Crippen LogP contribution in [0.15, 0.2) is 0 Å². The highest BCUT2D eigenvalue weighted by Gasteiger charge is 2.32. The van der Waals surface area contributed by atoms with Gasteiger partial charge in [-0.3, -0.25) is 0 Å². The molecule has 0 aromatic heterocycles. The summed E-state index contributed by atoms with van der Waals surface area (Å²) in [7, 11) is 0. The Bertz CT molecular complexity index is 466. The molecule has 174 valence electrons. The van der Waals surface area contributed by atoms with Gasteiger partial charge in [-0.2, -0.15) is 0 Å². The minimum Gasteiger partial charge on any atom is -0.431 e. The fraction of sp³-hybridized carbons (Fsp3) is 0.963. The second-order valence-corrected chi connectivity index (χ2v) is 10.7. The predicted octanol–water partition coefficient (Wildman–Crippen LogP) is 8.44. The SMILES string of the molecule is CCCCCC1CCC(OC(=O)OC2CCC(C3CCC(CCC)CC3)CC2)CC1. The summed E-state index contributed by atoms with van der Waals surface area (Å²) in [5.41, 5.74) is 0. The molecule has 0 unspecified atom stereocenters. The zero-order chi connectivity index (χ0) is 21.2. The molecule has 0 aliphatic heterocycles. The van der Waals surface area contributed by atoms with Crippen LogP contribution in [-0.2, 0) is 9.47 Å². The second kappa shape index (κ2) is 13.0. The average molecular weight is 421 g/mol. The summed E-state index contributed by atoms with van der Waals surface area (Å²) >= 11 is 0. The molecule has 0 heterocycles. The quantitative estimate of drug-likeness (QED) is 0.277. The average Bonchev–Trinajstić information content (AvgIpc) is 2.76. The van der Waals surface area contributed by atoms with E-state index in [9.17, 15) is 4.79 Å². The van der Waals surface area contributed by atoms with Gasteiger partial charge in [-0.1, -0.05) is 65.2 Å². The smallest absolute Gasteiger partial charge is 0.431 e. The fourth-order valence-corrected chi connectivity index (χ4v) is 6.56. The molecule has 3 nitrogen and oxygen atoms in total. The van der Waals surface area contributed by atoms with Crippen LogP contribution in [0.4, 0.5) is 4.79 Å². The maximum absolute atomic E-state index is 12.3. The van der Waals surface area contributed by atoms with Gasteiger partial charge in [-0.05, 0) is 87.9 Å². The Balaban J connectivity index is 1.27. The first kappa shape index (κ1) is 23.9. The van der Waals surface area contributed by atoms with Crippen molar-refractivity contribution in [2.24, 2.45) is 23.7 Å². The third-order valence-electron chi connectivity index (χ3n) is 8.51. The second-order valence-electron chi connectivity index (χ2n) is 10.7. The molecule has 3 saturated carbocycles. The summed E-state index contributed by atoms with van der Waals surface area (Å²) in [5, 5.41) is 0. The largest absolute Gasteiger partial charge is 0.508 e. The lowest BCUT2D eigenvalue weighted by atomic mass is 9.70. The molecule has 3 rings (SSSR count). The minimum absolute atomic E-state index is 0.0922. The number of unbranched alkanes of at least 4 members (excludes halogenated alkanes) is 2. The molecule has 3 aliphatic carbocycles. The van der Waals surface area contributed by atoms with Gasteiger partial charge in [0.1, 0.15) is 12.2 Å². The van der Waals surface area contributed by atoms with Gasteiger partial charge in [0.15, 0.2) is 0 Å². The number of rotatable bonds is 9. The lowest BCUT2D eigenvalue weighted by molar-refractivity contribution is -0.0294. The van der Waals surface area contributed by atoms with Crippen molar-refractivity contribution < 1.29 is 14.3 Å². The van der Waals surface area contributed by atoms with Crippen LogP contribution in [0.5, 0.6) is 0 Å². The number of ether oxygens (including phenoxy) is 2. The highest BCUT2D eigenvalue weighted by Crippen LogP contribution is 2.41. The summed E-state index contributed by atoms with van der Waals surface area (Å²) < 4.78 is 11.4. The topological polar surface area (TPSA) is 35.5 Å². The Kier molecular flexibility index (Phi) is 10.3. The normalized spacial score (nSPS) is 35.0. The molecule has 0 bridgehead atoms. The van der Waals surface area contributed by atoms with E-state index in [-0.39, 0.29) is 12.2 Å². The van der Waals surface area contributed by atoms with E-state index in [0.29, 0.717) is 0 Å². The molecule has 0 amide bonds. The lowest BCUT2D eigenvalue weighted by Gasteiger charge is -2.37. The molecular formula is C27H48O3. The maximum atomic E-state index is 12.3. The first-order valence-electron chi connectivity index (χ1n) is 13.5. The van der Waals surface area contributed by atoms with Gasteiger partial charge in [0.25, 0.3) is 0 Å². The van der Waals surface area contributed by atoms with Crippen molar-refractivity contribution in [2.75, 3.05) is 0 Å². The van der Waals surface area contributed by atoms with E-state index in [1.54, 1.807) is 0 Å². The van der Waals surface area contributed by atoms with E-state index in [4.69, 9.17) is 9.47 Å². The number of carbonyl (C=O) groups excluding carboxylic acids is 1. The molecule has 30 heavy (non-hydrogen) atoms. The van der Waals surface area contributed by atoms with Crippen LogP contribution in [0.3, 0.4) is 0 Å². The third kappa shape index (κ3) is 7.75. The highest BCUT2D eigenvalue weighted by atomic mass is 16.7. The molecule has 0 saturated heterocycles. The van der Waals surface area contributed by atoms with E-state index in [0.717, 1.165) is 49.4 Å². The van der Waals surface area contributed by atoms with Gasteiger partial charge < -0.3 is 9.47 Å². The van der Waals surface area contributed by atoms with E-state index in [1.807, 2.05) is 0 Å². The van der Waals surface area contributed by atoms with Crippen molar-refractivity contribution in [1.82, 2.24) is 0 Å². The molecule has 3 fully saturated rings. The molecule has 0 aromatic rings. The van der Waals surface area contributed by atoms with Gasteiger partial charge >= 0.3 is 6.16 Å². The summed E-state index contributed by atoms with van der Waals surface area (Å²) in [4.78, 5) is 12.3. The standard InChI is InChI=1S/C27H48O3/c1-3-5-6-8-22-11-17-25(18-12-22)29-27(28)30-26-19-15-24(16-20-26)23-13-9-21(7-4-2)10-14-23/h21-26H,3-20H2,1-2H3. The summed E-state index contributed by atoms with van der Waals surface area (Å²) in [6.45, 7) is 4.58. The predicted molar refractivity (Wildman–Crippen MR) is 124 cm³/mol. The number of hydrogen-bond acceptors (Lipinski definition) is 3. The Morgan fingerprint density at radius 1 is 0.600 bits per heavy atom. The zero-order valence-electron chi connectivity index (χ0n) is 19.9. The first-order valence-corrected chi connectivity index (χ1v) is 13.5. The van der Waals surface area contributed by atoms with E-state index >= 15 is 0 Å². The summed E-state index contributed by atoms with van der Waals surface area (Å²) in [5.74, 6) is 3.64. The monoisotopic (exact) mass is 420 g/mol. The van der Waals surface area contributed by atoms with Crippen molar-refractivity contribution in [3.63, 3.8) is 0 Å². The molecule has 0 N–H and O–H groups in total. The van der Waals surface area contributed by atoms with Crippen molar-refractivity contribution >= 4 is 6.16 Å². The third-order valence-corrected chi connectivity index (χ3v) is 8.51. The van der Waals surface area contributed by atoms with Crippen LogP contribution >= 0.6 is 0 Å². The molecule has 0 atom stereocenters. The molecular weight excluding hydrogens is 372 g/mol. The summed E-state index contributed by atoms with van der Waals surface area (Å²) in [6, 6.07) is 0. The van der Waals surface area contributed by atoms with Crippen LogP contribution in [0, 0.1) is 23.7 Å². The lowest BCUT2D eigenvalue weighted by Crippen LogP contribution is -2.31. The molecule has 0 spiro atoms. The van der Waals surface area contributed by atoms with Crippen LogP contribution in [0.1, 0.15) is 129 Å². The Labute approximate surface area is 186 Å². The van der Waals surface area contributed by atoms with Crippen LogP contribution in [-0.4, -0.2) is 18.4 Å². The Hall–Kier alpha value is -0.730. The van der Waals surface area contributed by atoms with Crippen molar-refractivity contribution in [3.8, 4) is 0 Å². The number of carbonyl (C=O) groups is 1. The van der Waals surface area contributed by atoms with Crippen LogP contribution in [0.2, 0.25) is 0 Å². The highest BCUT2D eigenvalue weighted by molar-refractivity contribution is 5.60. The molecule has 0 radical (unpaired) electrons. The molecule has 3 aliphatic rings. The van der Waals surface area contributed by atoms with Gasteiger partial charge in [0.05, 0.1) is 0 Å². The van der Waals surface area contributed by atoms with Crippen LogP contribution in [0.25, 0.3) is 0 Å². The summed E-state index contributed by atoms with van der Waals surface area (Å²) in [6.07, 6.45) is 22.7.